The summed E-state index contributed by atoms with van der Waals surface area (Å²) in [6.07, 6.45) is 10.6. The number of likely N-dealkylation sites (tertiary alicyclic amines) is 1. The van der Waals surface area contributed by atoms with Crippen LogP contribution in [0.2, 0.25) is 0 Å². The number of amides is 2. The van der Waals surface area contributed by atoms with E-state index in [4.69, 9.17) is 0 Å². The summed E-state index contributed by atoms with van der Waals surface area (Å²) in [5, 5.41) is 12.9. The average Bonchev–Trinajstić information content (AvgIpc) is 3.38. The molecule has 3 aliphatic carbocycles. The number of carboxylic acid groups (broad SMARTS) is 1. The lowest BCUT2D eigenvalue weighted by Crippen LogP contribution is -2.48. The van der Waals surface area contributed by atoms with Crippen LogP contribution in [0.15, 0.2) is 0 Å². The van der Waals surface area contributed by atoms with Crippen LogP contribution in [-0.4, -0.2) is 46.4 Å². The summed E-state index contributed by atoms with van der Waals surface area (Å²) in [7, 11) is 0. The maximum atomic E-state index is 13.1. The fourth-order valence-electron chi connectivity index (χ4n) is 6.07. The molecule has 3 unspecified atom stereocenters. The molecule has 0 aromatic carbocycles. The highest BCUT2D eigenvalue weighted by Crippen LogP contribution is 2.43. The van der Waals surface area contributed by atoms with E-state index in [1.54, 1.807) is 4.90 Å². The van der Waals surface area contributed by atoms with Gasteiger partial charge in [-0.1, -0.05) is 19.3 Å². The first kappa shape index (κ1) is 18.8. The molecule has 1 saturated heterocycles. The molecule has 3 atom stereocenters. The van der Waals surface area contributed by atoms with E-state index in [2.05, 4.69) is 5.32 Å². The van der Waals surface area contributed by atoms with Gasteiger partial charge in [-0.2, -0.15) is 0 Å². The number of hydrogen-bond acceptors (Lipinski definition) is 3. The van der Waals surface area contributed by atoms with E-state index in [1.807, 2.05) is 0 Å². The molecule has 2 amide bonds. The minimum atomic E-state index is -0.838. The zero-order valence-electron chi connectivity index (χ0n) is 16.1. The number of rotatable bonds is 4. The van der Waals surface area contributed by atoms with Gasteiger partial charge in [-0.3, -0.25) is 9.59 Å². The molecule has 6 nitrogen and oxygen atoms in total. The maximum absolute atomic E-state index is 13.1. The lowest BCUT2D eigenvalue weighted by molar-refractivity contribution is -0.151. The Morgan fingerprint density at radius 3 is 2.19 bits per heavy atom. The normalized spacial score (nSPS) is 36.6. The quantitative estimate of drug-likeness (QED) is 0.789. The smallest absolute Gasteiger partial charge is 0.326 e. The number of nitrogens with zero attached hydrogens (tertiary/aromatic N) is 1. The number of carboxylic acids is 1. The number of fused-ring (bicyclic) bond motifs is 1. The SMILES string of the molecule is O=C(NC1CCC(C(=O)N2CC3CCCC3C2C(=O)O)CC1)C1CCCC1. The molecule has 0 bridgehead atoms. The molecule has 0 aromatic heterocycles. The third-order valence-electron chi connectivity index (χ3n) is 7.58. The molecule has 0 spiro atoms. The van der Waals surface area contributed by atoms with Gasteiger partial charge in [0.1, 0.15) is 6.04 Å². The van der Waals surface area contributed by atoms with Gasteiger partial charge >= 0.3 is 5.97 Å². The van der Waals surface area contributed by atoms with Crippen molar-refractivity contribution in [1.82, 2.24) is 10.2 Å². The molecule has 4 fully saturated rings. The number of hydrogen-bond donors (Lipinski definition) is 2. The summed E-state index contributed by atoms with van der Waals surface area (Å²) in [4.78, 5) is 38.9. The van der Waals surface area contributed by atoms with Crippen molar-refractivity contribution in [3.05, 3.63) is 0 Å². The lowest BCUT2D eigenvalue weighted by atomic mass is 9.84. The van der Waals surface area contributed by atoms with E-state index < -0.39 is 12.0 Å². The van der Waals surface area contributed by atoms with Crippen molar-refractivity contribution in [3.63, 3.8) is 0 Å². The van der Waals surface area contributed by atoms with Crippen molar-refractivity contribution >= 4 is 17.8 Å². The van der Waals surface area contributed by atoms with Crippen molar-refractivity contribution < 1.29 is 19.5 Å². The van der Waals surface area contributed by atoms with Crippen molar-refractivity contribution in [1.29, 1.82) is 0 Å². The molecule has 6 heteroatoms. The highest BCUT2D eigenvalue weighted by molar-refractivity contribution is 5.86. The molecule has 4 aliphatic rings. The highest BCUT2D eigenvalue weighted by Gasteiger charge is 2.50. The highest BCUT2D eigenvalue weighted by atomic mass is 16.4. The predicted molar refractivity (Wildman–Crippen MR) is 99.8 cm³/mol. The van der Waals surface area contributed by atoms with Gasteiger partial charge in [0.05, 0.1) is 0 Å². The first-order valence-corrected chi connectivity index (χ1v) is 10.9. The van der Waals surface area contributed by atoms with E-state index in [9.17, 15) is 19.5 Å². The monoisotopic (exact) mass is 376 g/mol. The Balaban J connectivity index is 1.30. The summed E-state index contributed by atoms with van der Waals surface area (Å²) < 4.78 is 0. The Labute approximate surface area is 161 Å². The minimum Gasteiger partial charge on any atom is -0.480 e. The summed E-state index contributed by atoms with van der Waals surface area (Å²) in [6.45, 7) is 0.624. The molecular weight excluding hydrogens is 344 g/mol. The van der Waals surface area contributed by atoms with Crippen molar-refractivity contribution in [2.75, 3.05) is 6.54 Å². The van der Waals surface area contributed by atoms with Crippen LogP contribution in [0.4, 0.5) is 0 Å². The van der Waals surface area contributed by atoms with E-state index in [0.29, 0.717) is 12.5 Å². The largest absolute Gasteiger partial charge is 0.480 e. The minimum absolute atomic E-state index is 0.0392. The first-order chi connectivity index (χ1) is 13.0. The number of nitrogens with one attached hydrogen (secondary N) is 1. The molecule has 0 aromatic rings. The van der Waals surface area contributed by atoms with Gasteiger partial charge in [0.2, 0.25) is 11.8 Å². The fraction of sp³-hybridized carbons (Fsp3) is 0.857. The summed E-state index contributed by atoms with van der Waals surface area (Å²) in [5.74, 6) is 0.0220. The van der Waals surface area contributed by atoms with Crippen molar-refractivity contribution in [2.45, 2.75) is 82.7 Å². The zero-order chi connectivity index (χ0) is 19.0. The second kappa shape index (κ2) is 7.80. The van der Waals surface area contributed by atoms with Gasteiger partial charge < -0.3 is 15.3 Å². The Morgan fingerprint density at radius 2 is 1.52 bits per heavy atom. The third kappa shape index (κ3) is 3.72. The molecule has 27 heavy (non-hydrogen) atoms. The van der Waals surface area contributed by atoms with Crippen LogP contribution in [0.5, 0.6) is 0 Å². The fourth-order valence-corrected chi connectivity index (χ4v) is 6.07. The van der Waals surface area contributed by atoms with Crippen LogP contribution in [-0.2, 0) is 14.4 Å². The summed E-state index contributed by atoms with van der Waals surface area (Å²) in [6, 6.07) is -0.444. The zero-order valence-corrected chi connectivity index (χ0v) is 16.1. The van der Waals surface area contributed by atoms with E-state index in [0.717, 1.165) is 70.6 Å². The summed E-state index contributed by atoms with van der Waals surface area (Å²) >= 11 is 0. The molecular formula is C21H32N2O4. The van der Waals surface area contributed by atoms with Crippen molar-refractivity contribution in [3.8, 4) is 0 Å². The summed E-state index contributed by atoms with van der Waals surface area (Å²) in [5.41, 5.74) is 0. The van der Waals surface area contributed by atoms with Gasteiger partial charge in [-0.25, -0.2) is 4.79 Å². The number of aliphatic carboxylic acids is 1. The van der Waals surface area contributed by atoms with E-state index >= 15 is 0 Å². The molecule has 2 N–H and O–H groups in total. The van der Waals surface area contributed by atoms with Crippen molar-refractivity contribution in [2.24, 2.45) is 23.7 Å². The lowest BCUT2D eigenvalue weighted by Gasteiger charge is -2.33. The van der Waals surface area contributed by atoms with E-state index in [-0.39, 0.29) is 35.6 Å². The second-order valence-electron chi connectivity index (χ2n) is 9.17. The standard InChI is InChI=1S/C21H32N2O4/c24-19(13-4-1-2-5-13)22-16-10-8-14(9-11-16)20(25)23-12-15-6-3-7-17(15)18(23)21(26)27/h13-18H,1-12H2,(H,22,24)(H,26,27). The van der Waals surface area contributed by atoms with Crippen LogP contribution in [0.1, 0.15) is 70.6 Å². The van der Waals surface area contributed by atoms with Gasteiger partial charge in [-0.15, -0.1) is 0 Å². The van der Waals surface area contributed by atoms with E-state index in [1.165, 1.54) is 0 Å². The predicted octanol–water partition coefficient (Wildman–Crippen LogP) is 2.56. The Bertz CT molecular complexity index is 593. The van der Waals surface area contributed by atoms with Gasteiger partial charge in [0.15, 0.2) is 0 Å². The maximum Gasteiger partial charge on any atom is 0.326 e. The topological polar surface area (TPSA) is 86.7 Å². The second-order valence-corrected chi connectivity index (χ2v) is 9.17. The number of carbonyl (C=O) groups is 3. The van der Waals surface area contributed by atoms with Gasteiger partial charge in [0.25, 0.3) is 0 Å². The molecule has 0 radical (unpaired) electrons. The average molecular weight is 376 g/mol. The third-order valence-corrected chi connectivity index (χ3v) is 7.58. The van der Waals surface area contributed by atoms with Crippen LogP contribution >= 0.6 is 0 Å². The molecule has 3 saturated carbocycles. The van der Waals surface area contributed by atoms with Gasteiger partial charge in [0, 0.05) is 24.4 Å². The first-order valence-electron chi connectivity index (χ1n) is 10.9. The Morgan fingerprint density at radius 1 is 0.815 bits per heavy atom. The van der Waals surface area contributed by atoms with Gasteiger partial charge in [-0.05, 0) is 63.2 Å². The molecule has 1 aliphatic heterocycles. The molecule has 1 heterocycles. The van der Waals surface area contributed by atoms with Crippen LogP contribution in [0.3, 0.4) is 0 Å². The molecule has 150 valence electrons. The Hall–Kier alpha value is -1.59. The Kier molecular flexibility index (Phi) is 5.42. The molecule has 4 rings (SSSR count). The van der Waals surface area contributed by atoms with Crippen LogP contribution in [0.25, 0.3) is 0 Å². The number of carbonyl (C=O) groups excluding carboxylic acids is 2. The van der Waals surface area contributed by atoms with Crippen LogP contribution < -0.4 is 5.32 Å². The van der Waals surface area contributed by atoms with Crippen LogP contribution in [0, 0.1) is 23.7 Å².